The molecule has 3 N–H and O–H groups in total. The highest BCUT2D eigenvalue weighted by Gasteiger charge is 2.15. The van der Waals surface area contributed by atoms with E-state index < -0.39 is 0 Å². The van der Waals surface area contributed by atoms with Gasteiger partial charge in [-0.3, -0.25) is 4.79 Å². The Kier molecular flexibility index (Phi) is 7.02. The van der Waals surface area contributed by atoms with Crippen LogP contribution in [0.25, 0.3) is 0 Å². The summed E-state index contributed by atoms with van der Waals surface area (Å²) in [6.07, 6.45) is 1.73. The molecule has 1 rings (SSSR count). The van der Waals surface area contributed by atoms with Gasteiger partial charge >= 0.3 is 0 Å². The summed E-state index contributed by atoms with van der Waals surface area (Å²) in [7, 11) is 1.60. The minimum Gasteiger partial charge on any atom is -0.495 e. The number of ether oxygens (including phenoxy) is 1. The van der Waals surface area contributed by atoms with Crippen molar-refractivity contribution < 1.29 is 14.6 Å². The van der Waals surface area contributed by atoms with Gasteiger partial charge in [0, 0.05) is 13.2 Å². The molecule has 5 heteroatoms. The second-order valence-electron chi connectivity index (χ2n) is 5.83. The average Bonchev–Trinajstić information content (AvgIpc) is 2.49. The number of aliphatic hydroxyl groups excluding tert-OH is 1. The van der Waals surface area contributed by atoms with E-state index in [4.69, 9.17) is 9.84 Å². The molecule has 0 aromatic heterocycles. The number of hydrogen-bond acceptors (Lipinski definition) is 4. The van der Waals surface area contributed by atoms with Crippen LogP contribution in [0.15, 0.2) is 24.3 Å². The Balaban J connectivity index is 2.25. The van der Waals surface area contributed by atoms with Crippen LogP contribution in [-0.2, 0) is 4.79 Å². The van der Waals surface area contributed by atoms with Crippen molar-refractivity contribution in [3.63, 3.8) is 0 Å². The lowest BCUT2D eigenvalue weighted by atomic mass is 9.89. The van der Waals surface area contributed by atoms with Gasteiger partial charge in [0.1, 0.15) is 5.75 Å². The maximum absolute atomic E-state index is 11.7. The van der Waals surface area contributed by atoms with Gasteiger partial charge in [-0.1, -0.05) is 26.0 Å². The summed E-state index contributed by atoms with van der Waals surface area (Å²) in [5.74, 6) is 0.665. The van der Waals surface area contributed by atoms with Gasteiger partial charge in [0.05, 0.1) is 19.3 Å². The first-order valence-corrected chi connectivity index (χ1v) is 7.23. The van der Waals surface area contributed by atoms with Crippen molar-refractivity contribution in [2.24, 2.45) is 5.41 Å². The van der Waals surface area contributed by atoms with E-state index in [-0.39, 0.29) is 24.5 Å². The van der Waals surface area contributed by atoms with Crippen molar-refractivity contribution in [2.75, 3.05) is 32.1 Å². The summed E-state index contributed by atoms with van der Waals surface area (Å²) < 4.78 is 5.21. The topological polar surface area (TPSA) is 70.6 Å². The Hall–Kier alpha value is -1.75. The molecule has 0 aliphatic rings. The fourth-order valence-corrected chi connectivity index (χ4v) is 1.90. The van der Waals surface area contributed by atoms with Crippen LogP contribution in [0.5, 0.6) is 5.75 Å². The van der Waals surface area contributed by atoms with E-state index in [1.807, 2.05) is 38.1 Å². The predicted molar refractivity (Wildman–Crippen MR) is 84.6 cm³/mol. The molecule has 0 unspecified atom stereocenters. The van der Waals surface area contributed by atoms with Crippen LogP contribution < -0.4 is 15.4 Å². The standard InChI is InChI=1S/C16H26N2O3/c1-16(2,12-19)9-6-10-17-15(20)11-18-13-7-4-5-8-14(13)21-3/h4-5,7-8,18-19H,6,9-12H2,1-3H3,(H,17,20). The first-order valence-electron chi connectivity index (χ1n) is 7.23. The number of benzene rings is 1. The number of carbonyl (C=O) groups excluding carboxylic acids is 1. The number of anilines is 1. The monoisotopic (exact) mass is 294 g/mol. The van der Waals surface area contributed by atoms with Gasteiger partial charge < -0.3 is 20.5 Å². The zero-order chi connectivity index (χ0) is 15.7. The van der Waals surface area contributed by atoms with Crippen molar-refractivity contribution >= 4 is 11.6 Å². The van der Waals surface area contributed by atoms with E-state index in [0.29, 0.717) is 6.54 Å². The third-order valence-electron chi connectivity index (χ3n) is 3.33. The second-order valence-corrected chi connectivity index (χ2v) is 5.83. The summed E-state index contributed by atoms with van der Waals surface area (Å²) >= 11 is 0. The minimum absolute atomic E-state index is 0.0530. The minimum atomic E-state index is -0.0830. The molecule has 1 aromatic rings. The molecule has 0 spiro atoms. The molecule has 0 aliphatic carbocycles. The van der Waals surface area contributed by atoms with Crippen LogP contribution in [0, 0.1) is 5.41 Å². The number of rotatable bonds is 9. The second kappa shape index (κ2) is 8.52. The fraction of sp³-hybridized carbons (Fsp3) is 0.562. The molecule has 0 heterocycles. The number of para-hydroxylation sites is 2. The highest BCUT2D eigenvalue weighted by atomic mass is 16.5. The lowest BCUT2D eigenvalue weighted by Gasteiger charge is -2.21. The number of amides is 1. The number of carbonyl (C=O) groups is 1. The smallest absolute Gasteiger partial charge is 0.239 e. The normalized spacial score (nSPS) is 11.0. The van der Waals surface area contributed by atoms with Crippen molar-refractivity contribution in [1.82, 2.24) is 5.32 Å². The summed E-state index contributed by atoms with van der Waals surface area (Å²) in [5, 5.41) is 15.1. The van der Waals surface area contributed by atoms with Crippen molar-refractivity contribution in [1.29, 1.82) is 0 Å². The first kappa shape index (κ1) is 17.3. The molecule has 0 atom stereocenters. The van der Waals surface area contributed by atoms with Gasteiger partial charge in [0.25, 0.3) is 0 Å². The van der Waals surface area contributed by atoms with Crippen LogP contribution in [0.2, 0.25) is 0 Å². The van der Waals surface area contributed by atoms with Crippen molar-refractivity contribution in [2.45, 2.75) is 26.7 Å². The molecule has 0 fully saturated rings. The molecule has 1 aromatic carbocycles. The lowest BCUT2D eigenvalue weighted by Crippen LogP contribution is -2.31. The highest BCUT2D eigenvalue weighted by Crippen LogP contribution is 2.22. The van der Waals surface area contributed by atoms with Gasteiger partial charge in [-0.05, 0) is 30.4 Å². The largest absolute Gasteiger partial charge is 0.495 e. The molecule has 1 amide bonds. The maximum Gasteiger partial charge on any atom is 0.239 e. The fourth-order valence-electron chi connectivity index (χ4n) is 1.90. The van der Waals surface area contributed by atoms with Gasteiger partial charge in [-0.15, -0.1) is 0 Å². The number of methoxy groups -OCH3 is 1. The summed E-state index contributed by atoms with van der Waals surface area (Å²) in [4.78, 5) is 11.7. The molecular formula is C16H26N2O3. The molecule has 0 saturated heterocycles. The van der Waals surface area contributed by atoms with Gasteiger partial charge in [0.2, 0.25) is 5.91 Å². The average molecular weight is 294 g/mol. The molecule has 0 saturated carbocycles. The Bertz CT molecular complexity index is 447. The molecule has 0 bridgehead atoms. The quantitative estimate of drug-likeness (QED) is 0.609. The third kappa shape index (κ3) is 6.49. The van der Waals surface area contributed by atoms with Crippen LogP contribution >= 0.6 is 0 Å². The number of aliphatic hydroxyl groups is 1. The van der Waals surface area contributed by atoms with Crippen LogP contribution in [0.4, 0.5) is 5.69 Å². The van der Waals surface area contributed by atoms with E-state index in [1.54, 1.807) is 7.11 Å². The predicted octanol–water partition coefficient (Wildman–Crippen LogP) is 2.02. The molecule has 0 radical (unpaired) electrons. The molecule has 118 valence electrons. The maximum atomic E-state index is 11.7. The van der Waals surface area contributed by atoms with E-state index in [2.05, 4.69) is 10.6 Å². The zero-order valence-electron chi connectivity index (χ0n) is 13.1. The van der Waals surface area contributed by atoms with Gasteiger partial charge in [-0.2, -0.15) is 0 Å². The van der Waals surface area contributed by atoms with Gasteiger partial charge in [-0.25, -0.2) is 0 Å². The van der Waals surface area contributed by atoms with Crippen molar-refractivity contribution in [3.05, 3.63) is 24.3 Å². The Morgan fingerprint density at radius 3 is 2.71 bits per heavy atom. The van der Waals surface area contributed by atoms with Gasteiger partial charge in [0.15, 0.2) is 0 Å². The van der Waals surface area contributed by atoms with Crippen LogP contribution in [0.1, 0.15) is 26.7 Å². The first-order chi connectivity index (χ1) is 9.98. The van der Waals surface area contributed by atoms with E-state index in [0.717, 1.165) is 24.3 Å². The van der Waals surface area contributed by atoms with Crippen molar-refractivity contribution in [3.8, 4) is 5.75 Å². The molecule has 21 heavy (non-hydrogen) atoms. The Morgan fingerprint density at radius 2 is 2.05 bits per heavy atom. The summed E-state index contributed by atoms with van der Waals surface area (Å²) in [6.45, 7) is 5.02. The Labute approximate surface area is 126 Å². The van der Waals surface area contributed by atoms with Crippen LogP contribution in [-0.4, -0.2) is 37.8 Å². The zero-order valence-corrected chi connectivity index (χ0v) is 13.1. The molecule has 0 aliphatic heterocycles. The lowest BCUT2D eigenvalue weighted by molar-refractivity contribution is -0.119. The Morgan fingerprint density at radius 1 is 1.33 bits per heavy atom. The number of hydrogen-bond donors (Lipinski definition) is 3. The summed E-state index contributed by atoms with van der Waals surface area (Å²) in [5.41, 5.74) is 0.719. The SMILES string of the molecule is COc1ccccc1NCC(=O)NCCCC(C)(C)CO. The number of nitrogens with one attached hydrogen (secondary N) is 2. The summed E-state index contributed by atoms with van der Waals surface area (Å²) in [6, 6.07) is 7.49. The molecular weight excluding hydrogens is 268 g/mol. The van der Waals surface area contributed by atoms with E-state index in [9.17, 15) is 4.79 Å². The third-order valence-corrected chi connectivity index (χ3v) is 3.33. The van der Waals surface area contributed by atoms with Crippen LogP contribution in [0.3, 0.4) is 0 Å². The highest BCUT2D eigenvalue weighted by molar-refractivity contribution is 5.81. The van der Waals surface area contributed by atoms with E-state index >= 15 is 0 Å². The van der Waals surface area contributed by atoms with E-state index in [1.165, 1.54) is 0 Å². The molecule has 5 nitrogen and oxygen atoms in total.